The number of thioether (sulfide) groups is 1. The quantitative estimate of drug-likeness (QED) is 0.717. The predicted molar refractivity (Wildman–Crippen MR) is 58.9 cm³/mol. The summed E-state index contributed by atoms with van der Waals surface area (Å²) in [7, 11) is 0. The maximum absolute atomic E-state index is 10.4. The molecular formula is C10H21NOS. The smallest absolute Gasteiger partial charge is 0.0916 e. The van der Waals surface area contributed by atoms with Gasteiger partial charge in [-0.2, -0.15) is 11.8 Å². The zero-order chi connectivity index (χ0) is 10.1. The van der Waals surface area contributed by atoms with Crippen molar-refractivity contribution in [1.29, 1.82) is 0 Å². The first-order valence-corrected chi connectivity index (χ1v) is 6.14. The summed E-state index contributed by atoms with van der Waals surface area (Å²) in [6, 6.07) is 0. The predicted octanol–water partition coefficient (Wildman–Crippen LogP) is 1.62. The monoisotopic (exact) mass is 203 g/mol. The van der Waals surface area contributed by atoms with Crippen LogP contribution in [0.5, 0.6) is 0 Å². The van der Waals surface area contributed by atoms with Crippen molar-refractivity contribution >= 4 is 11.8 Å². The molecule has 3 heteroatoms. The van der Waals surface area contributed by atoms with Gasteiger partial charge in [0, 0.05) is 11.3 Å². The Morgan fingerprint density at radius 1 is 1.54 bits per heavy atom. The molecule has 78 valence electrons. The molecule has 1 saturated heterocycles. The lowest BCUT2D eigenvalue weighted by Crippen LogP contribution is -2.64. The molecule has 0 aromatic carbocycles. The van der Waals surface area contributed by atoms with Gasteiger partial charge in [0.25, 0.3) is 0 Å². The lowest BCUT2D eigenvalue weighted by Gasteiger charge is -2.47. The van der Waals surface area contributed by atoms with Crippen LogP contribution in [0, 0.1) is 5.92 Å². The van der Waals surface area contributed by atoms with E-state index < -0.39 is 11.1 Å². The van der Waals surface area contributed by atoms with Crippen molar-refractivity contribution < 1.29 is 5.11 Å². The minimum atomic E-state index is -0.663. The Kier molecular flexibility index (Phi) is 3.31. The average Bonchev–Trinajstić information content (AvgIpc) is 2.05. The van der Waals surface area contributed by atoms with Gasteiger partial charge in [-0.25, -0.2) is 0 Å². The van der Waals surface area contributed by atoms with E-state index in [2.05, 4.69) is 13.8 Å². The highest BCUT2D eigenvalue weighted by atomic mass is 32.2. The van der Waals surface area contributed by atoms with E-state index in [0.29, 0.717) is 5.92 Å². The fourth-order valence-corrected chi connectivity index (χ4v) is 3.03. The Morgan fingerprint density at radius 2 is 2.15 bits per heavy atom. The lowest BCUT2D eigenvalue weighted by atomic mass is 9.73. The molecule has 0 amide bonds. The van der Waals surface area contributed by atoms with E-state index in [1.807, 2.05) is 18.7 Å². The molecule has 0 spiro atoms. The highest BCUT2D eigenvalue weighted by Crippen LogP contribution is 2.37. The third-order valence-corrected chi connectivity index (χ3v) is 4.68. The van der Waals surface area contributed by atoms with E-state index in [-0.39, 0.29) is 0 Å². The molecule has 1 aliphatic rings. The van der Waals surface area contributed by atoms with E-state index in [9.17, 15) is 5.11 Å². The van der Waals surface area contributed by atoms with E-state index in [4.69, 9.17) is 5.73 Å². The summed E-state index contributed by atoms with van der Waals surface area (Å²) in [5.74, 6) is 2.27. The Bertz CT molecular complexity index is 174. The molecule has 3 N–H and O–H groups in total. The Balaban J connectivity index is 2.76. The third-order valence-electron chi connectivity index (χ3n) is 3.42. The van der Waals surface area contributed by atoms with Crippen LogP contribution >= 0.6 is 11.8 Å². The van der Waals surface area contributed by atoms with Gasteiger partial charge in [0.05, 0.1) is 5.60 Å². The van der Waals surface area contributed by atoms with E-state index in [1.165, 1.54) is 0 Å². The number of hydrogen-bond donors (Lipinski definition) is 2. The average molecular weight is 203 g/mol. The third kappa shape index (κ3) is 2.03. The van der Waals surface area contributed by atoms with Gasteiger partial charge in [-0.3, -0.25) is 0 Å². The minimum absolute atomic E-state index is 0.316. The molecule has 1 aliphatic heterocycles. The second kappa shape index (κ2) is 3.79. The highest BCUT2D eigenvalue weighted by Gasteiger charge is 2.46. The molecule has 2 unspecified atom stereocenters. The SMILES string of the molecule is CC(C)C(C)(N)C1(O)CCCSC1. The van der Waals surface area contributed by atoms with Gasteiger partial charge in [-0.15, -0.1) is 0 Å². The van der Waals surface area contributed by atoms with Crippen molar-refractivity contribution in [2.24, 2.45) is 11.7 Å². The van der Waals surface area contributed by atoms with Crippen LogP contribution in [-0.2, 0) is 0 Å². The van der Waals surface area contributed by atoms with Crippen molar-refractivity contribution in [2.75, 3.05) is 11.5 Å². The molecule has 0 aromatic rings. The Labute approximate surface area is 85.3 Å². The van der Waals surface area contributed by atoms with Crippen LogP contribution in [0.3, 0.4) is 0 Å². The number of nitrogens with two attached hydrogens (primary N) is 1. The zero-order valence-corrected chi connectivity index (χ0v) is 9.66. The first kappa shape index (κ1) is 11.3. The summed E-state index contributed by atoms with van der Waals surface area (Å²) >= 11 is 1.82. The van der Waals surface area contributed by atoms with Crippen molar-refractivity contribution in [3.63, 3.8) is 0 Å². The van der Waals surface area contributed by atoms with Crippen molar-refractivity contribution in [3.05, 3.63) is 0 Å². The van der Waals surface area contributed by atoms with Crippen LogP contribution in [0.2, 0.25) is 0 Å². The van der Waals surface area contributed by atoms with E-state index >= 15 is 0 Å². The topological polar surface area (TPSA) is 46.2 Å². The molecule has 0 aliphatic carbocycles. The summed E-state index contributed by atoms with van der Waals surface area (Å²) in [6.45, 7) is 6.14. The van der Waals surface area contributed by atoms with Crippen LogP contribution < -0.4 is 5.73 Å². The maximum Gasteiger partial charge on any atom is 0.0916 e. The molecule has 0 aromatic heterocycles. The second-order valence-electron chi connectivity index (χ2n) is 4.63. The fraction of sp³-hybridized carbons (Fsp3) is 1.00. The minimum Gasteiger partial charge on any atom is -0.387 e. The van der Waals surface area contributed by atoms with Crippen LogP contribution in [0.25, 0.3) is 0 Å². The lowest BCUT2D eigenvalue weighted by molar-refractivity contribution is -0.0368. The molecule has 1 heterocycles. The Hall–Kier alpha value is 0.270. The largest absolute Gasteiger partial charge is 0.387 e. The molecule has 2 nitrogen and oxygen atoms in total. The molecule has 0 radical (unpaired) electrons. The maximum atomic E-state index is 10.4. The van der Waals surface area contributed by atoms with E-state index in [0.717, 1.165) is 24.3 Å². The van der Waals surface area contributed by atoms with E-state index in [1.54, 1.807) is 0 Å². The van der Waals surface area contributed by atoms with Gasteiger partial charge in [-0.05, 0) is 31.4 Å². The first-order chi connectivity index (χ1) is 5.90. The normalized spacial score (nSPS) is 34.6. The van der Waals surface area contributed by atoms with Gasteiger partial charge in [-0.1, -0.05) is 13.8 Å². The molecule has 0 saturated carbocycles. The molecule has 1 rings (SSSR count). The summed E-state index contributed by atoms with van der Waals surface area (Å²) in [5.41, 5.74) is 5.08. The number of aliphatic hydroxyl groups is 1. The van der Waals surface area contributed by atoms with Gasteiger partial charge in [0.2, 0.25) is 0 Å². The highest BCUT2D eigenvalue weighted by molar-refractivity contribution is 7.99. The van der Waals surface area contributed by atoms with Crippen LogP contribution in [0.1, 0.15) is 33.6 Å². The summed E-state index contributed by atoms with van der Waals surface area (Å²) in [4.78, 5) is 0. The van der Waals surface area contributed by atoms with Crippen LogP contribution in [-0.4, -0.2) is 27.8 Å². The van der Waals surface area contributed by atoms with Crippen molar-refractivity contribution in [3.8, 4) is 0 Å². The van der Waals surface area contributed by atoms with Gasteiger partial charge >= 0.3 is 0 Å². The molecule has 2 atom stereocenters. The molecule has 1 fully saturated rings. The van der Waals surface area contributed by atoms with Gasteiger partial charge in [0.1, 0.15) is 0 Å². The van der Waals surface area contributed by atoms with Gasteiger partial charge in [0.15, 0.2) is 0 Å². The van der Waals surface area contributed by atoms with Crippen LogP contribution in [0.4, 0.5) is 0 Å². The van der Waals surface area contributed by atoms with Gasteiger partial charge < -0.3 is 10.8 Å². The fourth-order valence-electron chi connectivity index (χ4n) is 1.74. The summed E-state index contributed by atoms with van der Waals surface area (Å²) in [5, 5.41) is 10.4. The van der Waals surface area contributed by atoms with Crippen LogP contribution in [0.15, 0.2) is 0 Å². The standard InChI is InChI=1S/C10H21NOS/c1-8(2)9(3,11)10(12)5-4-6-13-7-10/h8,12H,4-7,11H2,1-3H3. The summed E-state index contributed by atoms with van der Waals surface area (Å²) < 4.78 is 0. The first-order valence-electron chi connectivity index (χ1n) is 4.99. The molecule has 0 bridgehead atoms. The number of rotatable bonds is 2. The molecular weight excluding hydrogens is 182 g/mol. The second-order valence-corrected chi connectivity index (χ2v) is 5.73. The zero-order valence-electron chi connectivity index (χ0n) is 8.84. The van der Waals surface area contributed by atoms with Crippen molar-refractivity contribution in [2.45, 2.75) is 44.8 Å². The summed E-state index contributed by atoms with van der Waals surface area (Å²) in [6.07, 6.45) is 1.94. The van der Waals surface area contributed by atoms with Crippen molar-refractivity contribution in [1.82, 2.24) is 0 Å². The number of hydrogen-bond acceptors (Lipinski definition) is 3. The Morgan fingerprint density at radius 3 is 2.54 bits per heavy atom. The molecule has 13 heavy (non-hydrogen) atoms.